The minimum atomic E-state index is -1.01. The molecular formula is C24H32N4O6. The van der Waals surface area contributed by atoms with Crippen LogP contribution in [0, 0.1) is 0 Å². The van der Waals surface area contributed by atoms with Gasteiger partial charge < -0.3 is 30.9 Å². The third kappa shape index (κ3) is 9.45. The summed E-state index contributed by atoms with van der Waals surface area (Å²) in [5.41, 5.74) is 6.08. The fourth-order valence-corrected chi connectivity index (χ4v) is 3.39. The standard InChI is InChI=1S/C19H26N2O6.C5H6N2/c1-2-17(23)20-16(11-13-3-5-14(22)6-4-13)19(26)21-9-7-15(8-10-21)27-12-18(24)25;6-5-3-1-2-4-7-5/h3-6,15-16,22H,2,7-12H2,1H3,(H,20,23)(H,24,25);1-4H,(H2,6,7). The van der Waals surface area contributed by atoms with E-state index in [9.17, 15) is 19.5 Å². The summed E-state index contributed by atoms with van der Waals surface area (Å²) in [5.74, 6) is -0.664. The van der Waals surface area contributed by atoms with Crippen LogP contribution >= 0.6 is 0 Å². The number of phenols is 1. The number of hydrogen-bond donors (Lipinski definition) is 4. The van der Waals surface area contributed by atoms with Gasteiger partial charge in [0, 0.05) is 32.1 Å². The van der Waals surface area contributed by atoms with Crippen LogP contribution in [-0.2, 0) is 25.5 Å². The molecule has 34 heavy (non-hydrogen) atoms. The number of carbonyl (C=O) groups is 3. The second-order valence-corrected chi connectivity index (χ2v) is 7.83. The third-order valence-corrected chi connectivity index (χ3v) is 5.21. The molecular weight excluding hydrogens is 440 g/mol. The summed E-state index contributed by atoms with van der Waals surface area (Å²) in [6.45, 7) is 2.30. The first kappa shape index (κ1) is 26.6. The molecule has 1 aliphatic heterocycles. The number of aliphatic carboxylic acids is 1. The Kier molecular flexibility index (Phi) is 10.8. The predicted molar refractivity (Wildman–Crippen MR) is 126 cm³/mol. The number of nitrogen functional groups attached to an aromatic ring is 1. The zero-order chi connectivity index (χ0) is 24.9. The average molecular weight is 473 g/mol. The number of nitrogens with one attached hydrogen (secondary N) is 1. The van der Waals surface area contributed by atoms with Crippen LogP contribution in [0.25, 0.3) is 0 Å². The van der Waals surface area contributed by atoms with E-state index in [1.165, 1.54) is 0 Å². The van der Waals surface area contributed by atoms with Crippen molar-refractivity contribution in [3.8, 4) is 5.75 Å². The van der Waals surface area contributed by atoms with Crippen molar-refractivity contribution in [2.24, 2.45) is 0 Å². The SMILES string of the molecule is CCC(=O)NC(Cc1ccc(O)cc1)C(=O)N1CCC(OCC(=O)O)CC1.Nc1ccccn1. The molecule has 1 aromatic carbocycles. The Morgan fingerprint density at radius 1 is 1.18 bits per heavy atom. The highest BCUT2D eigenvalue weighted by atomic mass is 16.5. The quantitative estimate of drug-likeness (QED) is 0.451. The highest BCUT2D eigenvalue weighted by Crippen LogP contribution is 2.17. The van der Waals surface area contributed by atoms with Gasteiger partial charge in [-0.05, 0) is 42.7 Å². The lowest BCUT2D eigenvalue weighted by molar-refractivity contribution is -0.147. The van der Waals surface area contributed by atoms with Gasteiger partial charge in [-0.15, -0.1) is 0 Å². The summed E-state index contributed by atoms with van der Waals surface area (Å²) in [7, 11) is 0. The topological polar surface area (TPSA) is 155 Å². The number of rotatable bonds is 8. The summed E-state index contributed by atoms with van der Waals surface area (Å²) in [6.07, 6.45) is 3.23. The molecule has 1 atom stereocenters. The van der Waals surface area contributed by atoms with Gasteiger partial charge in [0.05, 0.1) is 6.10 Å². The van der Waals surface area contributed by atoms with Crippen LogP contribution in [0.4, 0.5) is 5.82 Å². The van der Waals surface area contributed by atoms with Gasteiger partial charge in [-0.1, -0.05) is 25.1 Å². The number of benzene rings is 1. The van der Waals surface area contributed by atoms with Gasteiger partial charge in [0.15, 0.2) is 0 Å². The van der Waals surface area contributed by atoms with Crippen molar-refractivity contribution in [1.82, 2.24) is 15.2 Å². The summed E-state index contributed by atoms with van der Waals surface area (Å²) in [5, 5.41) is 20.8. The number of aromatic nitrogens is 1. The Labute approximate surface area is 198 Å². The highest BCUT2D eigenvalue weighted by molar-refractivity contribution is 5.88. The van der Waals surface area contributed by atoms with Crippen molar-refractivity contribution in [3.63, 3.8) is 0 Å². The van der Waals surface area contributed by atoms with Crippen molar-refractivity contribution in [2.75, 3.05) is 25.4 Å². The third-order valence-electron chi connectivity index (χ3n) is 5.21. The molecule has 0 spiro atoms. The Balaban J connectivity index is 0.000000497. The number of aromatic hydroxyl groups is 1. The molecule has 10 heteroatoms. The first-order chi connectivity index (χ1) is 16.3. The van der Waals surface area contributed by atoms with Gasteiger partial charge >= 0.3 is 5.97 Å². The maximum absolute atomic E-state index is 12.9. The molecule has 2 aromatic rings. The van der Waals surface area contributed by atoms with Crippen LogP contribution < -0.4 is 11.1 Å². The fraction of sp³-hybridized carbons (Fsp3) is 0.417. The van der Waals surface area contributed by atoms with Crippen LogP contribution in [0.5, 0.6) is 5.75 Å². The number of nitrogens with zero attached hydrogens (tertiary/aromatic N) is 2. The number of phenolic OH excluding ortho intramolecular Hbond substituents is 1. The Morgan fingerprint density at radius 3 is 2.35 bits per heavy atom. The number of carboxylic acids is 1. The number of ether oxygens (including phenoxy) is 1. The number of carboxylic acid groups (broad SMARTS) is 1. The van der Waals surface area contributed by atoms with Crippen molar-refractivity contribution in [3.05, 3.63) is 54.2 Å². The molecule has 1 aliphatic rings. The molecule has 1 aromatic heterocycles. The number of pyridine rings is 1. The lowest BCUT2D eigenvalue weighted by Crippen LogP contribution is -2.52. The molecule has 2 heterocycles. The first-order valence-corrected chi connectivity index (χ1v) is 11.1. The van der Waals surface area contributed by atoms with Crippen LogP contribution in [0.2, 0.25) is 0 Å². The first-order valence-electron chi connectivity index (χ1n) is 11.1. The molecule has 10 nitrogen and oxygen atoms in total. The van der Waals surface area contributed by atoms with E-state index < -0.39 is 12.0 Å². The molecule has 2 amide bonds. The van der Waals surface area contributed by atoms with E-state index in [2.05, 4.69) is 10.3 Å². The molecule has 1 fully saturated rings. The number of piperidine rings is 1. The summed E-state index contributed by atoms with van der Waals surface area (Å²) >= 11 is 0. The van der Waals surface area contributed by atoms with Crippen LogP contribution in [0.1, 0.15) is 31.7 Å². The minimum Gasteiger partial charge on any atom is -0.508 e. The molecule has 0 radical (unpaired) electrons. The molecule has 3 rings (SSSR count). The zero-order valence-electron chi connectivity index (χ0n) is 19.2. The fourth-order valence-electron chi connectivity index (χ4n) is 3.39. The molecule has 184 valence electrons. The van der Waals surface area contributed by atoms with E-state index in [0.717, 1.165) is 5.56 Å². The smallest absolute Gasteiger partial charge is 0.329 e. The van der Waals surface area contributed by atoms with Crippen LogP contribution in [-0.4, -0.2) is 69.7 Å². The van der Waals surface area contributed by atoms with E-state index >= 15 is 0 Å². The van der Waals surface area contributed by atoms with E-state index in [4.69, 9.17) is 15.6 Å². The lowest BCUT2D eigenvalue weighted by atomic mass is 10.0. The van der Waals surface area contributed by atoms with Crippen molar-refractivity contribution in [2.45, 2.75) is 44.8 Å². The maximum Gasteiger partial charge on any atom is 0.329 e. The highest BCUT2D eigenvalue weighted by Gasteiger charge is 2.29. The Hall–Kier alpha value is -3.66. The molecule has 1 saturated heterocycles. The number of anilines is 1. The van der Waals surface area contributed by atoms with Crippen LogP contribution in [0.3, 0.4) is 0 Å². The second-order valence-electron chi connectivity index (χ2n) is 7.83. The summed E-state index contributed by atoms with van der Waals surface area (Å²) in [4.78, 5) is 40.8. The Morgan fingerprint density at radius 2 is 1.85 bits per heavy atom. The van der Waals surface area contributed by atoms with Gasteiger partial charge in [-0.25, -0.2) is 9.78 Å². The number of carbonyl (C=O) groups excluding carboxylic acids is 2. The molecule has 5 N–H and O–H groups in total. The van der Waals surface area contributed by atoms with Gasteiger partial charge in [0.25, 0.3) is 0 Å². The molecule has 0 saturated carbocycles. The molecule has 0 aliphatic carbocycles. The largest absolute Gasteiger partial charge is 0.508 e. The second kappa shape index (κ2) is 13.8. The summed E-state index contributed by atoms with van der Waals surface area (Å²) < 4.78 is 5.29. The molecule has 0 bridgehead atoms. The van der Waals surface area contributed by atoms with Crippen LogP contribution in [0.15, 0.2) is 48.7 Å². The van der Waals surface area contributed by atoms with E-state index in [-0.39, 0.29) is 36.7 Å². The minimum absolute atomic E-state index is 0.141. The van der Waals surface area contributed by atoms with E-state index in [1.54, 1.807) is 48.4 Å². The van der Waals surface area contributed by atoms with Gasteiger partial charge in [0.1, 0.15) is 24.2 Å². The van der Waals surface area contributed by atoms with Gasteiger partial charge in [-0.2, -0.15) is 0 Å². The van der Waals surface area contributed by atoms with Crippen molar-refractivity contribution >= 4 is 23.6 Å². The normalized spacial score (nSPS) is 14.4. The Bertz CT molecular complexity index is 915. The number of hydrogen-bond acceptors (Lipinski definition) is 7. The van der Waals surface area contributed by atoms with Gasteiger partial charge in [-0.3, -0.25) is 9.59 Å². The summed E-state index contributed by atoms with van der Waals surface area (Å²) in [6, 6.07) is 11.3. The van der Waals surface area contributed by atoms with Crippen molar-refractivity contribution in [1.29, 1.82) is 0 Å². The van der Waals surface area contributed by atoms with E-state index in [1.807, 2.05) is 12.1 Å². The lowest BCUT2D eigenvalue weighted by Gasteiger charge is -2.34. The monoisotopic (exact) mass is 472 g/mol. The number of amides is 2. The van der Waals surface area contributed by atoms with Crippen molar-refractivity contribution < 1.29 is 29.3 Å². The number of nitrogens with two attached hydrogens (primary N) is 1. The van der Waals surface area contributed by atoms with E-state index in [0.29, 0.717) is 38.2 Å². The average Bonchev–Trinajstić information content (AvgIpc) is 2.84. The maximum atomic E-state index is 12.9. The molecule has 1 unspecified atom stereocenters. The van der Waals surface area contributed by atoms with Gasteiger partial charge in [0.2, 0.25) is 11.8 Å². The number of likely N-dealkylation sites (tertiary alicyclic amines) is 1. The zero-order valence-corrected chi connectivity index (χ0v) is 19.2. The predicted octanol–water partition coefficient (Wildman–Crippen LogP) is 1.59.